The molecule has 0 aliphatic heterocycles. The van der Waals surface area contributed by atoms with E-state index in [1.54, 1.807) is 6.08 Å². The van der Waals surface area contributed by atoms with Crippen molar-refractivity contribution in [2.45, 2.75) is 31.7 Å². The molecule has 3 rings (SSSR count). The van der Waals surface area contributed by atoms with Crippen molar-refractivity contribution in [1.29, 1.82) is 0 Å². The highest BCUT2D eigenvalue weighted by Crippen LogP contribution is 2.41. The third-order valence-electron chi connectivity index (χ3n) is 3.54. The Kier molecular flexibility index (Phi) is 3.44. The first-order valence-corrected chi connectivity index (χ1v) is 7.00. The average molecular weight is 309 g/mol. The van der Waals surface area contributed by atoms with Crippen molar-refractivity contribution in [3.63, 3.8) is 0 Å². The van der Waals surface area contributed by atoms with Crippen molar-refractivity contribution in [3.05, 3.63) is 45.1 Å². The average Bonchev–Trinajstić information content (AvgIpc) is 3.26. The lowest BCUT2D eigenvalue weighted by atomic mass is 10.1. The topological polar surface area (TPSA) is 50.7 Å². The van der Waals surface area contributed by atoms with Gasteiger partial charge in [0.2, 0.25) is 0 Å². The molecule has 1 aliphatic carbocycles. The van der Waals surface area contributed by atoms with Gasteiger partial charge < -0.3 is 0 Å². The number of nitrogens with zero attached hydrogens (tertiary/aromatic N) is 2. The lowest BCUT2D eigenvalue weighted by Gasteiger charge is -2.12. The summed E-state index contributed by atoms with van der Waals surface area (Å²) in [5.74, 6) is 0.206. The summed E-state index contributed by atoms with van der Waals surface area (Å²) < 4.78 is 28.3. The number of rotatable bonds is 4. The first-order valence-electron chi connectivity index (χ1n) is 6.59. The Hall–Kier alpha value is -1.89. The minimum absolute atomic E-state index is 0.0927. The van der Waals surface area contributed by atoms with Gasteiger partial charge in [-0.3, -0.25) is 14.3 Å². The molecule has 2 aromatic heterocycles. The van der Waals surface area contributed by atoms with Gasteiger partial charge in [-0.15, -0.1) is 6.58 Å². The van der Waals surface area contributed by atoms with E-state index in [1.165, 1.54) is 10.6 Å². The Labute approximate surface area is 124 Å². The number of allylic oxidation sites excluding steroid dienone is 1. The SMILES string of the molecule is C=CCn1c(=S)[nH]c(=O)c2c(C(F)F)cc(C3CC3)nc21. The third-order valence-corrected chi connectivity index (χ3v) is 3.86. The normalized spacial score (nSPS) is 14.8. The van der Waals surface area contributed by atoms with Gasteiger partial charge in [0.25, 0.3) is 12.0 Å². The van der Waals surface area contributed by atoms with E-state index in [-0.39, 0.29) is 27.3 Å². The highest BCUT2D eigenvalue weighted by Gasteiger charge is 2.28. The summed E-state index contributed by atoms with van der Waals surface area (Å²) in [7, 11) is 0. The fourth-order valence-electron chi connectivity index (χ4n) is 2.38. The summed E-state index contributed by atoms with van der Waals surface area (Å²) in [5, 5.41) is -0.0927. The van der Waals surface area contributed by atoms with E-state index in [0.717, 1.165) is 12.8 Å². The molecule has 2 heterocycles. The Bertz CT molecular complexity index is 836. The van der Waals surface area contributed by atoms with E-state index in [4.69, 9.17) is 12.2 Å². The van der Waals surface area contributed by atoms with Crippen LogP contribution in [-0.4, -0.2) is 14.5 Å². The Morgan fingerprint density at radius 1 is 1.57 bits per heavy atom. The Balaban J connectivity index is 2.44. The molecule has 110 valence electrons. The molecule has 1 aliphatic rings. The lowest BCUT2D eigenvalue weighted by Crippen LogP contribution is -2.18. The molecule has 0 spiro atoms. The minimum Gasteiger partial charge on any atom is -0.299 e. The summed E-state index contributed by atoms with van der Waals surface area (Å²) in [6.07, 6.45) is 0.725. The van der Waals surface area contributed by atoms with Crippen LogP contribution in [-0.2, 0) is 6.54 Å². The van der Waals surface area contributed by atoms with Crippen LogP contribution in [0.2, 0.25) is 0 Å². The summed E-state index contributed by atoms with van der Waals surface area (Å²) in [5.41, 5.74) is -0.0876. The second-order valence-electron chi connectivity index (χ2n) is 5.07. The molecule has 7 heteroatoms. The number of hydrogen-bond donors (Lipinski definition) is 1. The molecule has 2 aromatic rings. The summed E-state index contributed by atoms with van der Waals surface area (Å²) in [6, 6.07) is 1.35. The van der Waals surface area contributed by atoms with Crippen LogP contribution >= 0.6 is 12.2 Å². The van der Waals surface area contributed by atoms with Crippen molar-refractivity contribution in [2.75, 3.05) is 0 Å². The fraction of sp³-hybridized carbons (Fsp3) is 0.357. The van der Waals surface area contributed by atoms with Gasteiger partial charge in [-0.25, -0.2) is 13.8 Å². The number of halogens is 2. The van der Waals surface area contributed by atoms with Gasteiger partial charge in [0.05, 0.1) is 5.39 Å². The highest BCUT2D eigenvalue weighted by atomic mass is 32.1. The van der Waals surface area contributed by atoms with Crippen LogP contribution in [0.3, 0.4) is 0 Å². The van der Waals surface area contributed by atoms with Crippen LogP contribution in [0, 0.1) is 4.77 Å². The van der Waals surface area contributed by atoms with Gasteiger partial charge in [0.1, 0.15) is 5.65 Å². The maximum Gasteiger partial charge on any atom is 0.264 e. The Morgan fingerprint density at radius 2 is 2.29 bits per heavy atom. The summed E-state index contributed by atoms with van der Waals surface area (Å²) in [6.45, 7) is 3.92. The first kappa shape index (κ1) is 14.1. The predicted octanol–water partition coefficient (Wildman–Crippen LogP) is 3.46. The first-order chi connectivity index (χ1) is 10.0. The van der Waals surface area contributed by atoms with E-state index < -0.39 is 12.0 Å². The molecule has 1 fully saturated rings. The number of pyridine rings is 1. The highest BCUT2D eigenvalue weighted by molar-refractivity contribution is 7.71. The largest absolute Gasteiger partial charge is 0.299 e. The minimum atomic E-state index is -2.73. The van der Waals surface area contributed by atoms with Crippen LogP contribution < -0.4 is 5.56 Å². The number of aromatic nitrogens is 3. The van der Waals surface area contributed by atoms with E-state index in [2.05, 4.69) is 16.5 Å². The molecule has 0 atom stereocenters. The zero-order valence-electron chi connectivity index (χ0n) is 11.1. The van der Waals surface area contributed by atoms with E-state index in [9.17, 15) is 13.6 Å². The molecule has 0 radical (unpaired) electrons. The standard InChI is InChI=1S/C14H13F2N3OS/c1-2-5-19-12-10(13(20)18-14(19)21)8(11(15)16)6-9(17-12)7-3-4-7/h2,6-7,11H,1,3-5H2,(H,18,20,21). The molecule has 0 unspecified atom stereocenters. The van der Waals surface area contributed by atoms with Crippen LogP contribution in [0.15, 0.2) is 23.5 Å². The monoisotopic (exact) mass is 309 g/mol. The number of alkyl halides is 2. The lowest BCUT2D eigenvalue weighted by molar-refractivity contribution is 0.153. The fourth-order valence-corrected chi connectivity index (χ4v) is 2.63. The van der Waals surface area contributed by atoms with Crippen LogP contribution in [0.4, 0.5) is 8.78 Å². The number of H-pyrrole nitrogens is 1. The molecular weight excluding hydrogens is 296 g/mol. The van der Waals surface area contributed by atoms with Gasteiger partial charge >= 0.3 is 0 Å². The van der Waals surface area contributed by atoms with E-state index in [1.807, 2.05) is 0 Å². The zero-order chi connectivity index (χ0) is 15.1. The van der Waals surface area contributed by atoms with Gasteiger partial charge in [-0.1, -0.05) is 6.08 Å². The van der Waals surface area contributed by atoms with Gasteiger partial charge in [0.15, 0.2) is 4.77 Å². The second-order valence-corrected chi connectivity index (χ2v) is 5.46. The van der Waals surface area contributed by atoms with Crippen molar-refractivity contribution in [3.8, 4) is 0 Å². The number of nitrogens with one attached hydrogen (secondary N) is 1. The summed E-state index contributed by atoms with van der Waals surface area (Å²) in [4.78, 5) is 18.9. The number of hydrogen-bond acceptors (Lipinski definition) is 3. The van der Waals surface area contributed by atoms with Gasteiger partial charge in [0, 0.05) is 23.7 Å². The van der Waals surface area contributed by atoms with Crippen molar-refractivity contribution < 1.29 is 8.78 Å². The van der Waals surface area contributed by atoms with Crippen LogP contribution in [0.5, 0.6) is 0 Å². The molecule has 1 saturated carbocycles. The zero-order valence-corrected chi connectivity index (χ0v) is 11.9. The smallest absolute Gasteiger partial charge is 0.264 e. The van der Waals surface area contributed by atoms with E-state index in [0.29, 0.717) is 12.2 Å². The maximum absolute atomic E-state index is 13.3. The number of fused-ring (bicyclic) bond motifs is 1. The molecular formula is C14H13F2N3OS. The molecule has 0 bridgehead atoms. The molecule has 0 aromatic carbocycles. The van der Waals surface area contributed by atoms with Gasteiger partial charge in [-0.2, -0.15) is 0 Å². The second kappa shape index (κ2) is 5.14. The summed E-state index contributed by atoms with van der Waals surface area (Å²) >= 11 is 5.10. The predicted molar refractivity (Wildman–Crippen MR) is 78.3 cm³/mol. The van der Waals surface area contributed by atoms with Gasteiger partial charge in [-0.05, 0) is 31.1 Å². The van der Waals surface area contributed by atoms with Crippen molar-refractivity contribution >= 4 is 23.3 Å². The quantitative estimate of drug-likeness (QED) is 0.695. The molecule has 4 nitrogen and oxygen atoms in total. The van der Waals surface area contributed by atoms with E-state index >= 15 is 0 Å². The Morgan fingerprint density at radius 3 is 2.86 bits per heavy atom. The number of aromatic amines is 1. The molecule has 0 saturated heterocycles. The molecule has 0 amide bonds. The molecule has 1 N–H and O–H groups in total. The maximum atomic E-state index is 13.3. The van der Waals surface area contributed by atoms with Crippen molar-refractivity contribution in [1.82, 2.24) is 14.5 Å². The van der Waals surface area contributed by atoms with Crippen molar-refractivity contribution in [2.24, 2.45) is 0 Å². The molecule has 21 heavy (non-hydrogen) atoms. The van der Waals surface area contributed by atoms with Crippen LogP contribution in [0.25, 0.3) is 11.0 Å². The third kappa shape index (κ3) is 2.42. The van der Waals surface area contributed by atoms with Crippen LogP contribution in [0.1, 0.15) is 36.4 Å².